The molecule has 0 heterocycles. The molecule has 1 aromatic carbocycles. The zero-order valence-electron chi connectivity index (χ0n) is 12.8. The lowest BCUT2D eigenvalue weighted by Crippen LogP contribution is -2.18. The van der Waals surface area contributed by atoms with Gasteiger partial charge in [-0.2, -0.15) is 0 Å². The molecule has 1 fully saturated rings. The smallest absolute Gasteiger partial charge is 0.232 e. The molecule has 0 radical (unpaired) electrons. The fraction of sp³-hybridized carbons (Fsp3) is 0.625. The van der Waals surface area contributed by atoms with E-state index < -0.39 is 10.0 Å². The normalized spacial score (nSPS) is 16.3. The Balaban J connectivity index is 1.89. The lowest BCUT2D eigenvalue weighted by Gasteiger charge is -2.14. The third kappa shape index (κ3) is 5.58. The van der Waals surface area contributed by atoms with E-state index in [-0.39, 0.29) is 5.75 Å². The van der Waals surface area contributed by atoms with Crippen LogP contribution in [0.5, 0.6) is 5.75 Å². The fourth-order valence-electron chi connectivity index (χ4n) is 2.42. The molecule has 0 spiro atoms. The number of nitrogens with one attached hydrogen (secondary N) is 1. The van der Waals surface area contributed by atoms with Crippen molar-refractivity contribution in [1.29, 1.82) is 0 Å². The summed E-state index contributed by atoms with van der Waals surface area (Å²) in [7, 11) is -3.26. The van der Waals surface area contributed by atoms with Crippen molar-refractivity contribution in [2.75, 3.05) is 10.5 Å². The maximum Gasteiger partial charge on any atom is 0.232 e. The second-order valence-corrected chi connectivity index (χ2v) is 7.99. The SMILES string of the molecule is CC(C)CCS(=O)(=O)Nc1ccc(OC2CCCC2)cc1. The van der Waals surface area contributed by atoms with E-state index in [1.165, 1.54) is 12.8 Å². The number of sulfonamides is 1. The summed E-state index contributed by atoms with van der Waals surface area (Å²) in [5.74, 6) is 1.35. The minimum Gasteiger partial charge on any atom is -0.490 e. The van der Waals surface area contributed by atoms with Gasteiger partial charge in [-0.05, 0) is 62.3 Å². The quantitative estimate of drug-likeness (QED) is 0.833. The molecule has 118 valence electrons. The highest BCUT2D eigenvalue weighted by molar-refractivity contribution is 7.92. The average molecular weight is 311 g/mol. The molecule has 1 saturated carbocycles. The van der Waals surface area contributed by atoms with Crippen molar-refractivity contribution in [2.45, 2.75) is 52.1 Å². The average Bonchev–Trinajstić information content (AvgIpc) is 2.92. The molecule has 0 bridgehead atoms. The molecule has 0 amide bonds. The zero-order valence-corrected chi connectivity index (χ0v) is 13.7. The summed E-state index contributed by atoms with van der Waals surface area (Å²) in [5.41, 5.74) is 0.595. The van der Waals surface area contributed by atoms with E-state index in [9.17, 15) is 8.42 Å². The maximum atomic E-state index is 11.9. The number of hydrogen-bond donors (Lipinski definition) is 1. The summed E-state index contributed by atoms with van der Waals surface area (Å²) in [6, 6.07) is 7.19. The fourth-order valence-corrected chi connectivity index (χ4v) is 3.80. The molecule has 1 aliphatic carbocycles. The van der Waals surface area contributed by atoms with Crippen LogP contribution < -0.4 is 9.46 Å². The van der Waals surface area contributed by atoms with Gasteiger partial charge in [-0.3, -0.25) is 4.72 Å². The molecule has 4 nitrogen and oxygen atoms in total. The Bertz CT molecular complexity index is 531. The molecular formula is C16H25NO3S. The molecule has 0 aromatic heterocycles. The summed E-state index contributed by atoms with van der Waals surface area (Å²) in [5, 5.41) is 0. The molecule has 21 heavy (non-hydrogen) atoms. The van der Waals surface area contributed by atoms with Crippen LogP contribution in [0, 0.1) is 5.92 Å². The first-order valence-electron chi connectivity index (χ1n) is 7.72. The number of hydrogen-bond acceptors (Lipinski definition) is 3. The van der Waals surface area contributed by atoms with Gasteiger partial charge in [-0.15, -0.1) is 0 Å². The molecule has 5 heteroatoms. The van der Waals surface area contributed by atoms with Crippen molar-refractivity contribution < 1.29 is 13.2 Å². The second-order valence-electron chi connectivity index (χ2n) is 6.15. The summed E-state index contributed by atoms with van der Waals surface area (Å²) in [4.78, 5) is 0. The minimum atomic E-state index is -3.26. The largest absolute Gasteiger partial charge is 0.490 e. The first-order chi connectivity index (χ1) is 9.94. The molecule has 0 saturated heterocycles. The molecule has 1 aromatic rings. The topological polar surface area (TPSA) is 55.4 Å². The van der Waals surface area contributed by atoms with Crippen LogP contribution in [0.4, 0.5) is 5.69 Å². The third-order valence-corrected chi connectivity index (χ3v) is 5.02. The lowest BCUT2D eigenvalue weighted by molar-refractivity contribution is 0.210. The highest BCUT2D eigenvalue weighted by atomic mass is 32.2. The van der Waals surface area contributed by atoms with E-state index >= 15 is 0 Å². The molecule has 2 rings (SSSR count). The number of rotatable bonds is 7. The highest BCUT2D eigenvalue weighted by Crippen LogP contribution is 2.25. The van der Waals surface area contributed by atoms with Gasteiger partial charge in [0.05, 0.1) is 11.9 Å². The first kappa shape index (κ1) is 16.1. The van der Waals surface area contributed by atoms with Gasteiger partial charge in [0.25, 0.3) is 0 Å². The molecule has 0 atom stereocenters. The first-order valence-corrected chi connectivity index (χ1v) is 9.37. The second kappa shape index (κ2) is 7.16. The van der Waals surface area contributed by atoms with Gasteiger partial charge in [0.15, 0.2) is 0 Å². The van der Waals surface area contributed by atoms with Crippen LogP contribution in [0.3, 0.4) is 0 Å². The van der Waals surface area contributed by atoms with Gasteiger partial charge >= 0.3 is 0 Å². The Hall–Kier alpha value is -1.23. The van der Waals surface area contributed by atoms with Gasteiger partial charge in [-0.25, -0.2) is 8.42 Å². The van der Waals surface area contributed by atoms with E-state index in [2.05, 4.69) is 4.72 Å². The van der Waals surface area contributed by atoms with Crippen molar-refractivity contribution in [3.05, 3.63) is 24.3 Å². The van der Waals surface area contributed by atoms with Crippen molar-refractivity contribution >= 4 is 15.7 Å². The van der Waals surface area contributed by atoms with Gasteiger partial charge in [0.1, 0.15) is 5.75 Å². The van der Waals surface area contributed by atoms with Gasteiger partial charge < -0.3 is 4.74 Å². The summed E-state index contributed by atoms with van der Waals surface area (Å²) in [6.07, 6.45) is 5.68. The van der Waals surface area contributed by atoms with Crippen LogP contribution in [0.25, 0.3) is 0 Å². The van der Waals surface area contributed by atoms with Crippen LogP contribution in [0.2, 0.25) is 0 Å². The van der Waals surface area contributed by atoms with Gasteiger partial charge in [0, 0.05) is 5.69 Å². The van der Waals surface area contributed by atoms with Gasteiger partial charge in [-0.1, -0.05) is 13.8 Å². The van der Waals surface area contributed by atoms with Crippen LogP contribution in [0.15, 0.2) is 24.3 Å². The van der Waals surface area contributed by atoms with E-state index in [1.54, 1.807) is 12.1 Å². The monoisotopic (exact) mass is 311 g/mol. The van der Waals surface area contributed by atoms with Crippen molar-refractivity contribution in [2.24, 2.45) is 5.92 Å². The van der Waals surface area contributed by atoms with E-state index in [1.807, 2.05) is 26.0 Å². The minimum absolute atomic E-state index is 0.158. The van der Waals surface area contributed by atoms with Crippen molar-refractivity contribution in [3.63, 3.8) is 0 Å². The Kier molecular flexibility index (Phi) is 5.51. The van der Waals surface area contributed by atoms with Crippen LogP contribution in [-0.2, 0) is 10.0 Å². The van der Waals surface area contributed by atoms with Crippen LogP contribution >= 0.6 is 0 Å². The predicted molar refractivity (Wildman–Crippen MR) is 86.2 cm³/mol. The van der Waals surface area contributed by atoms with Crippen LogP contribution in [-0.4, -0.2) is 20.3 Å². The standard InChI is InChI=1S/C16H25NO3S/c1-13(2)11-12-21(18,19)17-14-7-9-16(10-8-14)20-15-5-3-4-6-15/h7-10,13,15,17H,3-6,11-12H2,1-2H3. The zero-order chi connectivity index (χ0) is 15.3. The Morgan fingerprint density at radius 3 is 2.38 bits per heavy atom. The highest BCUT2D eigenvalue weighted by Gasteiger charge is 2.16. The molecule has 0 aliphatic heterocycles. The molecule has 0 unspecified atom stereocenters. The Morgan fingerprint density at radius 1 is 1.19 bits per heavy atom. The summed E-state index contributed by atoms with van der Waals surface area (Å²) >= 11 is 0. The maximum absolute atomic E-state index is 11.9. The van der Waals surface area contributed by atoms with E-state index in [0.717, 1.165) is 18.6 Å². The summed E-state index contributed by atoms with van der Waals surface area (Å²) < 4.78 is 32.3. The lowest BCUT2D eigenvalue weighted by atomic mass is 10.2. The molecule has 1 N–H and O–H groups in total. The summed E-state index contributed by atoms with van der Waals surface area (Å²) in [6.45, 7) is 4.04. The third-order valence-electron chi connectivity index (χ3n) is 3.70. The predicted octanol–water partition coefficient (Wildman–Crippen LogP) is 3.80. The number of benzene rings is 1. The van der Waals surface area contributed by atoms with Crippen molar-refractivity contribution in [1.82, 2.24) is 0 Å². The van der Waals surface area contributed by atoms with Crippen LogP contribution in [0.1, 0.15) is 46.0 Å². The van der Waals surface area contributed by atoms with E-state index in [4.69, 9.17) is 4.74 Å². The number of ether oxygens (including phenoxy) is 1. The Morgan fingerprint density at radius 2 is 1.81 bits per heavy atom. The van der Waals surface area contributed by atoms with Gasteiger partial charge in [0.2, 0.25) is 10.0 Å². The molecule has 1 aliphatic rings. The Labute approximate surface area is 127 Å². The van der Waals surface area contributed by atoms with Crippen molar-refractivity contribution in [3.8, 4) is 5.75 Å². The van der Waals surface area contributed by atoms with E-state index in [0.29, 0.717) is 24.1 Å². The number of anilines is 1. The molecular weight excluding hydrogens is 286 g/mol.